The molecule has 2 amide bonds. The second kappa shape index (κ2) is 9.21. The number of anilines is 1. The van der Waals surface area contributed by atoms with Crippen molar-refractivity contribution in [1.82, 2.24) is 10.2 Å². The molecule has 0 radical (unpaired) electrons. The van der Waals surface area contributed by atoms with Gasteiger partial charge in [-0.1, -0.05) is 0 Å². The molecule has 2 rings (SSSR count). The van der Waals surface area contributed by atoms with Crippen molar-refractivity contribution < 1.29 is 13.9 Å². The fourth-order valence-electron chi connectivity index (χ4n) is 2.80. The van der Waals surface area contributed by atoms with E-state index in [1.165, 1.54) is 12.1 Å². The number of carbonyl (C=O) groups excluding carboxylic acids is 1. The number of hydrogen-bond donors (Lipinski definition) is 2. The average Bonchev–Trinajstić information content (AvgIpc) is 3.03. The molecule has 7 heteroatoms. The van der Waals surface area contributed by atoms with Crippen LogP contribution in [-0.4, -0.2) is 50.8 Å². The number of rotatable bonds is 7. The number of benzene rings is 1. The Morgan fingerprint density at radius 2 is 2.38 bits per heavy atom. The van der Waals surface area contributed by atoms with Gasteiger partial charge in [0.1, 0.15) is 5.82 Å². The predicted octanol–water partition coefficient (Wildman–Crippen LogP) is 2.18. The number of halogens is 1. The smallest absolute Gasteiger partial charge is 0.319 e. The Bertz CT molecular complexity index is 603. The first-order valence-electron chi connectivity index (χ1n) is 8.08. The normalized spacial score (nSPS) is 17.5. The van der Waals surface area contributed by atoms with Gasteiger partial charge in [0, 0.05) is 33.4 Å². The maximum Gasteiger partial charge on any atom is 0.319 e. The molecule has 2 N–H and O–H groups in total. The fraction of sp³-hybridized carbons (Fsp3) is 0.529. The van der Waals surface area contributed by atoms with E-state index in [4.69, 9.17) is 10.00 Å². The molecule has 0 aromatic heterocycles. The number of methoxy groups -OCH3 is 1. The molecule has 0 saturated carbocycles. The Labute approximate surface area is 141 Å². The zero-order chi connectivity index (χ0) is 17.4. The summed E-state index contributed by atoms with van der Waals surface area (Å²) < 4.78 is 18.8. The Balaban J connectivity index is 1.71. The number of nitrogens with one attached hydrogen (secondary N) is 2. The van der Waals surface area contributed by atoms with Crippen molar-refractivity contribution >= 4 is 11.7 Å². The predicted molar refractivity (Wildman–Crippen MR) is 89.2 cm³/mol. The van der Waals surface area contributed by atoms with Crippen LogP contribution in [0.3, 0.4) is 0 Å². The van der Waals surface area contributed by atoms with Crippen LogP contribution in [0.2, 0.25) is 0 Å². The molecule has 1 heterocycles. The van der Waals surface area contributed by atoms with Crippen LogP contribution in [0.1, 0.15) is 18.4 Å². The number of carbonyl (C=O) groups is 1. The third kappa shape index (κ3) is 5.48. The van der Waals surface area contributed by atoms with Crippen molar-refractivity contribution in [3.05, 3.63) is 29.6 Å². The highest BCUT2D eigenvalue weighted by Crippen LogP contribution is 2.17. The maximum absolute atomic E-state index is 13.7. The van der Waals surface area contributed by atoms with Gasteiger partial charge >= 0.3 is 6.03 Å². The van der Waals surface area contributed by atoms with Crippen LogP contribution in [-0.2, 0) is 4.74 Å². The van der Waals surface area contributed by atoms with Crippen molar-refractivity contribution in [2.75, 3.05) is 45.2 Å². The molecule has 0 aliphatic carbocycles. The standard InChI is InChI=1S/C17H23FN4O2/c1-24-8-2-6-22-7-5-14(12-22)11-20-17(23)21-16-4-3-13(10-19)9-15(16)18/h3-4,9,14H,2,5-8,11-12H2,1H3,(H2,20,21,23). The van der Waals surface area contributed by atoms with Crippen LogP contribution in [0.15, 0.2) is 18.2 Å². The molecule has 1 unspecified atom stereocenters. The van der Waals surface area contributed by atoms with Crippen LogP contribution < -0.4 is 10.6 Å². The van der Waals surface area contributed by atoms with Crippen molar-refractivity contribution in [2.45, 2.75) is 12.8 Å². The molecular weight excluding hydrogens is 311 g/mol. The minimum atomic E-state index is -0.616. The first-order chi connectivity index (χ1) is 11.6. The number of likely N-dealkylation sites (tertiary alicyclic amines) is 1. The molecule has 1 aromatic carbocycles. The summed E-state index contributed by atoms with van der Waals surface area (Å²) in [5, 5.41) is 14.0. The molecule has 1 aromatic rings. The van der Waals surface area contributed by atoms with E-state index in [2.05, 4.69) is 15.5 Å². The first kappa shape index (κ1) is 18.2. The van der Waals surface area contributed by atoms with E-state index < -0.39 is 11.8 Å². The van der Waals surface area contributed by atoms with Crippen molar-refractivity contribution in [1.29, 1.82) is 5.26 Å². The maximum atomic E-state index is 13.7. The van der Waals surface area contributed by atoms with Crippen LogP contribution in [0.5, 0.6) is 0 Å². The topological polar surface area (TPSA) is 77.4 Å². The number of nitrogens with zero attached hydrogens (tertiary/aromatic N) is 2. The van der Waals surface area contributed by atoms with Gasteiger partial charge in [-0.05, 0) is 43.5 Å². The summed E-state index contributed by atoms with van der Waals surface area (Å²) in [5.41, 5.74) is 0.289. The summed E-state index contributed by atoms with van der Waals surface area (Å²) in [5.74, 6) is -0.210. The van der Waals surface area contributed by atoms with Crippen molar-refractivity contribution in [2.24, 2.45) is 5.92 Å². The monoisotopic (exact) mass is 334 g/mol. The van der Waals surface area contributed by atoms with E-state index >= 15 is 0 Å². The summed E-state index contributed by atoms with van der Waals surface area (Å²) >= 11 is 0. The lowest BCUT2D eigenvalue weighted by Crippen LogP contribution is -2.34. The highest BCUT2D eigenvalue weighted by atomic mass is 19.1. The summed E-state index contributed by atoms with van der Waals surface area (Å²) in [4.78, 5) is 14.2. The first-order valence-corrected chi connectivity index (χ1v) is 8.08. The number of ether oxygens (including phenoxy) is 1. The minimum absolute atomic E-state index is 0.0686. The van der Waals surface area contributed by atoms with Crippen LogP contribution in [0.4, 0.5) is 14.9 Å². The Kier molecular flexibility index (Phi) is 6.97. The molecule has 130 valence electrons. The van der Waals surface area contributed by atoms with E-state index in [9.17, 15) is 9.18 Å². The molecule has 0 spiro atoms. The number of amides is 2. The van der Waals surface area contributed by atoms with Crippen LogP contribution in [0, 0.1) is 23.1 Å². The zero-order valence-corrected chi connectivity index (χ0v) is 13.8. The molecule has 1 fully saturated rings. The van der Waals surface area contributed by atoms with E-state index in [1.54, 1.807) is 7.11 Å². The third-order valence-corrected chi connectivity index (χ3v) is 4.09. The summed E-state index contributed by atoms with van der Waals surface area (Å²) in [6, 6.07) is 5.38. The highest BCUT2D eigenvalue weighted by Gasteiger charge is 2.22. The van der Waals surface area contributed by atoms with Gasteiger partial charge in [-0.15, -0.1) is 0 Å². The molecule has 6 nitrogen and oxygen atoms in total. The summed E-state index contributed by atoms with van der Waals surface area (Å²) in [6.07, 6.45) is 2.05. The molecule has 1 atom stereocenters. The lowest BCUT2D eigenvalue weighted by Gasteiger charge is -2.16. The average molecular weight is 334 g/mol. The van der Waals surface area contributed by atoms with Crippen LogP contribution in [0.25, 0.3) is 0 Å². The fourth-order valence-corrected chi connectivity index (χ4v) is 2.80. The summed E-state index contributed by atoms with van der Waals surface area (Å²) in [7, 11) is 1.70. The summed E-state index contributed by atoms with van der Waals surface area (Å²) in [6.45, 7) is 4.31. The molecular formula is C17H23FN4O2. The molecule has 1 saturated heterocycles. The van der Waals surface area contributed by atoms with Gasteiger partial charge in [-0.25, -0.2) is 9.18 Å². The Morgan fingerprint density at radius 3 is 3.08 bits per heavy atom. The SMILES string of the molecule is COCCCN1CCC(CNC(=O)Nc2ccc(C#N)cc2F)C1. The largest absolute Gasteiger partial charge is 0.385 e. The molecule has 1 aliphatic heterocycles. The molecule has 0 bridgehead atoms. The number of hydrogen-bond acceptors (Lipinski definition) is 4. The van der Waals surface area contributed by atoms with Gasteiger partial charge in [0.15, 0.2) is 0 Å². The zero-order valence-electron chi connectivity index (χ0n) is 13.8. The molecule has 24 heavy (non-hydrogen) atoms. The quantitative estimate of drug-likeness (QED) is 0.749. The lowest BCUT2D eigenvalue weighted by molar-refractivity contribution is 0.178. The van der Waals surface area contributed by atoms with Gasteiger partial charge in [-0.2, -0.15) is 5.26 Å². The van der Waals surface area contributed by atoms with Gasteiger partial charge in [0.05, 0.1) is 17.3 Å². The molecule has 1 aliphatic rings. The van der Waals surface area contributed by atoms with E-state index in [-0.39, 0.29) is 11.3 Å². The Morgan fingerprint density at radius 1 is 1.54 bits per heavy atom. The van der Waals surface area contributed by atoms with Crippen LogP contribution >= 0.6 is 0 Å². The Hall–Kier alpha value is -2.17. The highest BCUT2D eigenvalue weighted by molar-refractivity contribution is 5.89. The lowest BCUT2D eigenvalue weighted by atomic mass is 10.1. The van der Waals surface area contributed by atoms with Crippen molar-refractivity contribution in [3.8, 4) is 6.07 Å². The van der Waals surface area contributed by atoms with Gasteiger partial charge in [-0.3, -0.25) is 0 Å². The minimum Gasteiger partial charge on any atom is -0.385 e. The second-order valence-electron chi connectivity index (χ2n) is 5.94. The third-order valence-electron chi connectivity index (χ3n) is 4.09. The van der Waals surface area contributed by atoms with Gasteiger partial charge in [0.2, 0.25) is 0 Å². The number of urea groups is 1. The van der Waals surface area contributed by atoms with Gasteiger partial charge in [0.25, 0.3) is 0 Å². The van der Waals surface area contributed by atoms with E-state index in [0.717, 1.165) is 45.1 Å². The second-order valence-corrected chi connectivity index (χ2v) is 5.94. The van der Waals surface area contributed by atoms with Gasteiger partial charge < -0.3 is 20.3 Å². The van der Waals surface area contributed by atoms with E-state index in [0.29, 0.717) is 12.5 Å². The number of nitriles is 1. The van der Waals surface area contributed by atoms with Crippen molar-refractivity contribution in [3.63, 3.8) is 0 Å². The van der Waals surface area contributed by atoms with E-state index in [1.807, 2.05) is 6.07 Å².